The number of hydrogen-bond donors (Lipinski definition) is 3. The summed E-state index contributed by atoms with van der Waals surface area (Å²) in [6.07, 6.45) is 9.28. The molecular weight excluding hydrogens is 493 g/mol. The Hall–Kier alpha value is -3.34. The summed E-state index contributed by atoms with van der Waals surface area (Å²) in [6, 6.07) is 7.68. The molecule has 3 heterocycles. The van der Waals surface area contributed by atoms with Crippen molar-refractivity contribution in [3.05, 3.63) is 65.9 Å². The second-order valence-electron chi connectivity index (χ2n) is 9.11. The number of allylic oxidation sites excluding steroid dienone is 1. The molecule has 1 saturated carbocycles. The van der Waals surface area contributed by atoms with E-state index in [1.54, 1.807) is 25.4 Å². The van der Waals surface area contributed by atoms with Crippen LogP contribution in [0.2, 0.25) is 0 Å². The van der Waals surface area contributed by atoms with E-state index in [0.29, 0.717) is 24.5 Å². The minimum absolute atomic E-state index is 0.218. The Balaban J connectivity index is 1.23. The smallest absolute Gasteiger partial charge is 0.319 e. The first kappa shape index (κ1) is 25.3. The van der Waals surface area contributed by atoms with E-state index in [4.69, 9.17) is 9.47 Å². The molecule has 0 bridgehead atoms. The summed E-state index contributed by atoms with van der Waals surface area (Å²) in [4.78, 5) is 22.1. The Bertz CT molecular complexity index is 1300. The fourth-order valence-corrected chi connectivity index (χ4v) is 5.16. The molecule has 2 aliphatic rings. The van der Waals surface area contributed by atoms with E-state index < -0.39 is 11.9 Å². The number of hydrogen-bond acceptors (Lipinski definition) is 7. The van der Waals surface area contributed by atoms with Gasteiger partial charge < -0.3 is 25.4 Å². The van der Waals surface area contributed by atoms with E-state index in [1.807, 2.05) is 24.4 Å². The molecule has 2 aliphatic carbocycles. The average molecular weight is 524 g/mol. The summed E-state index contributed by atoms with van der Waals surface area (Å²) in [5.74, 6) is 0.140. The Kier molecular flexibility index (Phi) is 8.08. The number of ether oxygens (including phenoxy) is 2. The van der Waals surface area contributed by atoms with Crippen LogP contribution in [-0.4, -0.2) is 48.4 Å². The third-order valence-corrected chi connectivity index (χ3v) is 7.55. The predicted octanol–water partition coefficient (Wildman–Crippen LogP) is 4.83. The minimum Gasteiger partial charge on any atom is -0.481 e. The number of aromatic nitrogens is 2. The quantitative estimate of drug-likeness (QED) is 0.329. The monoisotopic (exact) mass is 523 g/mol. The lowest BCUT2D eigenvalue weighted by atomic mass is 9.93. The normalized spacial score (nSPS) is 17.6. The lowest BCUT2D eigenvalue weighted by molar-refractivity contribution is 0.199. The Morgan fingerprint density at radius 3 is 2.86 bits per heavy atom. The van der Waals surface area contributed by atoms with Gasteiger partial charge in [-0.3, -0.25) is 9.97 Å². The molecule has 3 N–H and O–H groups in total. The molecule has 5 rings (SSSR count). The highest BCUT2D eigenvalue weighted by molar-refractivity contribution is 7.22. The molecule has 0 radical (unpaired) electrons. The summed E-state index contributed by atoms with van der Waals surface area (Å²) in [5.41, 5.74) is 3.15. The van der Waals surface area contributed by atoms with Crippen molar-refractivity contribution in [3.63, 3.8) is 0 Å². The third-order valence-electron chi connectivity index (χ3n) is 6.39. The average Bonchev–Trinajstić information content (AvgIpc) is 3.32. The molecule has 3 aromatic rings. The van der Waals surface area contributed by atoms with Crippen molar-refractivity contribution >= 4 is 27.6 Å². The second kappa shape index (κ2) is 11.8. The molecular formula is C27H30FN5O3S. The number of amides is 2. The standard InChI is InChI=1S/C27H30FN5O3S/c1-35-12-11-29-15-17-5-7-21(31-16-17)25-14-22-26(37-25)24(9-10-30-22)36-23-8-6-19(13-20(23)28)33-27(34)32-18-3-2-4-18/h5-7,9-10,13-14,16,18,23,29H,2-4,8,11-12,15H2,1H3,(H2,32,33,34). The van der Waals surface area contributed by atoms with Crippen molar-refractivity contribution in [1.82, 2.24) is 25.9 Å². The number of halogens is 1. The van der Waals surface area contributed by atoms with Crippen LogP contribution in [0.1, 0.15) is 31.2 Å². The highest BCUT2D eigenvalue weighted by atomic mass is 32.1. The lowest BCUT2D eigenvalue weighted by Crippen LogP contribution is -2.44. The fourth-order valence-electron chi connectivity index (χ4n) is 4.11. The van der Waals surface area contributed by atoms with E-state index in [1.165, 1.54) is 17.4 Å². The maximum Gasteiger partial charge on any atom is 0.319 e. The molecule has 8 nitrogen and oxygen atoms in total. The molecule has 1 unspecified atom stereocenters. The van der Waals surface area contributed by atoms with Crippen molar-refractivity contribution in [2.24, 2.45) is 0 Å². The van der Waals surface area contributed by atoms with Crippen LogP contribution >= 0.6 is 11.3 Å². The summed E-state index contributed by atoms with van der Waals surface area (Å²) < 4.78 is 26.9. The van der Waals surface area contributed by atoms with Gasteiger partial charge in [0.25, 0.3) is 0 Å². The van der Waals surface area contributed by atoms with Gasteiger partial charge in [0, 0.05) is 56.8 Å². The van der Waals surface area contributed by atoms with Gasteiger partial charge in [0.05, 0.1) is 27.4 Å². The summed E-state index contributed by atoms with van der Waals surface area (Å²) in [7, 11) is 1.68. The van der Waals surface area contributed by atoms with Crippen LogP contribution in [0.3, 0.4) is 0 Å². The summed E-state index contributed by atoms with van der Waals surface area (Å²) in [5, 5.41) is 8.91. The predicted molar refractivity (Wildman–Crippen MR) is 142 cm³/mol. The molecule has 10 heteroatoms. The molecule has 3 aromatic heterocycles. The Labute approximate surface area is 219 Å². The first-order chi connectivity index (χ1) is 18.1. The van der Waals surface area contributed by atoms with Gasteiger partial charge in [-0.05, 0) is 43.0 Å². The SMILES string of the molecule is COCCNCc1ccc(-c2cc3nccc(OC4CC=C(NC(=O)NC5CCC5)C=C4F)c3s2)nc1. The topological polar surface area (TPSA) is 97.4 Å². The van der Waals surface area contributed by atoms with Gasteiger partial charge in [-0.25, -0.2) is 9.18 Å². The van der Waals surface area contributed by atoms with E-state index in [2.05, 4.69) is 25.9 Å². The van der Waals surface area contributed by atoms with E-state index >= 15 is 0 Å². The van der Waals surface area contributed by atoms with Gasteiger partial charge in [0.1, 0.15) is 11.6 Å². The summed E-state index contributed by atoms with van der Waals surface area (Å²) in [6.45, 7) is 2.17. The molecule has 0 aromatic carbocycles. The fraction of sp³-hybridized carbons (Fsp3) is 0.370. The van der Waals surface area contributed by atoms with Gasteiger partial charge in [0.15, 0.2) is 6.10 Å². The highest BCUT2D eigenvalue weighted by Gasteiger charge is 2.24. The number of fused-ring (bicyclic) bond motifs is 1. The maximum atomic E-state index is 14.9. The highest BCUT2D eigenvalue weighted by Crippen LogP contribution is 2.38. The van der Waals surface area contributed by atoms with Crippen molar-refractivity contribution < 1.29 is 18.7 Å². The van der Waals surface area contributed by atoms with Gasteiger partial charge in [-0.15, -0.1) is 11.3 Å². The van der Waals surface area contributed by atoms with Crippen LogP contribution in [0.25, 0.3) is 20.8 Å². The van der Waals surface area contributed by atoms with Crippen LogP contribution in [-0.2, 0) is 11.3 Å². The largest absolute Gasteiger partial charge is 0.481 e. The minimum atomic E-state index is -0.764. The van der Waals surface area contributed by atoms with E-state index in [9.17, 15) is 9.18 Å². The first-order valence-corrected chi connectivity index (χ1v) is 13.3. The van der Waals surface area contributed by atoms with Crippen molar-refractivity contribution in [2.75, 3.05) is 20.3 Å². The molecule has 1 atom stereocenters. The zero-order chi connectivity index (χ0) is 25.6. The number of rotatable bonds is 10. The third kappa shape index (κ3) is 6.33. The summed E-state index contributed by atoms with van der Waals surface area (Å²) >= 11 is 1.51. The lowest BCUT2D eigenvalue weighted by Gasteiger charge is -2.27. The van der Waals surface area contributed by atoms with Crippen LogP contribution in [0.5, 0.6) is 5.75 Å². The van der Waals surface area contributed by atoms with Crippen LogP contribution in [0.15, 0.2) is 60.3 Å². The molecule has 0 aliphatic heterocycles. The van der Waals surface area contributed by atoms with Crippen molar-refractivity contribution in [3.8, 4) is 16.3 Å². The van der Waals surface area contributed by atoms with E-state index in [0.717, 1.165) is 58.7 Å². The maximum absolute atomic E-state index is 14.9. The second-order valence-corrected chi connectivity index (χ2v) is 10.2. The molecule has 1 fully saturated rings. The first-order valence-electron chi connectivity index (χ1n) is 12.4. The zero-order valence-electron chi connectivity index (χ0n) is 20.6. The number of carbonyl (C=O) groups excluding carboxylic acids is 1. The molecule has 2 amide bonds. The molecule has 37 heavy (non-hydrogen) atoms. The molecule has 194 valence electrons. The van der Waals surface area contributed by atoms with Gasteiger partial charge in [-0.1, -0.05) is 12.1 Å². The number of nitrogens with zero attached hydrogens (tertiary/aromatic N) is 2. The van der Waals surface area contributed by atoms with Gasteiger partial charge in [-0.2, -0.15) is 0 Å². The number of pyridine rings is 2. The zero-order valence-corrected chi connectivity index (χ0v) is 21.4. The number of nitrogens with one attached hydrogen (secondary N) is 3. The van der Waals surface area contributed by atoms with E-state index in [-0.39, 0.29) is 12.1 Å². The van der Waals surface area contributed by atoms with Gasteiger partial charge in [0.2, 0.25) is 0 Å². The molecule has 0 spiro atoms. The van der Waals surface area contributed by atoms with Crippen LogP contribution < -0.4 is 20.7 Å². The van der Waals surface area contributed by atoms with Crippen LogP contribution in [0.4, 0.5) is 9.18 Å². The number of methoxy groups -OCH3 is 1. The van der Waals surface area contributed by atoms with Crippen molar-refractivity contribution in [2.45, 2.75) is 44.4 Å². The Morgan fingerprint density at radius 2 is 2.14 bits per heavy atom. The van der Waals surface area contributed by atoms with Crippen molar-refractivity contribution in [1.29, 1.82) is 0 Å². The Morgan fingerprint density at radius 1 is 1.24 bits per heavy atom. The number of urea groups is 1. The number of thiophene rings is 1. The molecule has 0 saturated heterocycles. The van der Waals surface area contributed by atoms with Gasteiger partial charge >= 0.3 is 6.03 Å². The number of carbonyl (C=O) groups is 1. The van der Waals surface area contributed by atoms with Crippen LogP contribution in [0, 0.1) is 0 Å².